The molecule has 0 saturated carbocycles. The minimum Gasteiger partial charge on any atom is -0.481 e. The van der Waals surface area contributed by atoms with Gasteiger partial charge in [0.05, 0.1) is 25.1 Å². The Morgan fingerprint density at radius 3 is 2.39 bits per heavy atom. The molecule has 0 bridgehead atoms. The fourth-order valence-electron chi connectivity index (χ4n) is 4.21. The third-order valence-corrected chi connectivity index (χ3v) is 5.83. The molecule has 8 heteroatoms. The van der Waals surface area contributed by atoms with E-state index in [4.69, 9.17) is 15.2 Å². The number of carbonyl (C=O) groups excluding carboxylic acids is 1. The van der Waals surface area contributed by atoms with Gasteiger partial charge in [-0.25, -0.2) is 9.78 Å². The molecular formula is C25H27N3O5. The van der Waals surface area contributed by atoms with E-state index in [-0.39, 0.29) is 36.9 Å². The highest BCUT2D eigenvalue weighted by Gasteiger charge is 2.29. The van der Waals surface area contributed by atoms with Crippen LogP contribution in [0.2, 0.25) is 0 Å². The zero-order chi connectivity index (χ0) is 23.4. The van der Waals surface area contributed by atoms with Crippen LogP contribution in [0.25, 0.3) is 11.1 Å². The number of carbonyl (C=O) groups is 1. The molecule has 3 aromatic rings. The number of rotatable bonds is 8. The Labute approximate surface area is 192 Å². The summed E-state index contributed by atoms with van der Waals surface area (Å²) in [6.07, 6.45) is -1.50. The van der Waals surface area contributed by atoms with Gasteiger partial charge in [-0.1, -0.05) is 48.5 Å². The SMILES string of the molecule is COc1ncc(N)cc1C(O)C(O)CCNC(=O)OCC1c2ccccc2-c2ccccc21. The van der Waals surface area contributed by atoms with Gasteiger partial charge in [-0.05, 0) is 34.7 Å². The molecule has 33 heavy (non-hydrogen) atoms. The second kappa shape index (κ2) is 9.89. The van der Waals surface area contributed by atoms with E-state index in [1.54, 1.807) is 0 Å². The van der Waals surface area contributed by atoms with E-state index < -0.39 is 18.3 Å². The van der Waals surface area contributed by atoms with Crippen molar-refractivity contribution in [3.63, 3.8) is 0 Å². The Hall–Kier alpha value is -3.62. The molecule has 1 aliphatic carbocycles. The maximum absolute atomic E-state index is 12.3. The number of nitrogens with zero attached hydrogens (tertiary/aromatic N) is 1. The lowest BCUT2D eigenvalue weighted by molar-refractivity contribution is 0.0120. The van der Waals surface area contributed by atoms with E-state index >= 15 is 0 Å². The lowest BCUT2D eigenvalue weighted by Gasteiger charge is -2.20. The van der Waals surface area contributed by atoms with E-state index in [1.165, 1.54) is 19.4 Å². The first-order valence-corrected chi connectivity index (χ1v) is 10.7. The highest BCUT2D eigenvalue weighted by Crippen LogP contribution is 2.44. The number of nitrogens with two attached hydrogens (primary N) is 1. The highest BCUT2D eigenvalue weighted by atomic mass is 16.5. The fourth-order valence-corrected chi connectivity index (χ4v) is 4.21. The normalized spacial score (nSPS) is 14.2. The van der Waals surface area contributed by atoms with Crippen LogP contribution in [-0.4, -0.2) is 47.7 Å². The summed E-state index contributed by atoms with van der Waals surface area (Å²) >= 11 is 0. The van der Waals surface area contributed by atoms with Crippen molar-refractivity contribution in [3.05, 3.63) is 77.5 Å². The van der Waals surface area contributed by atoms with Crippen molar-refractivity contribution >= 4 is 11.8 Å². The summed E-state index contributed by atoms with van der Waals surface area (Å²) in [6, 6.07) is 17.7. The number of ether oxygens (including phenoxy) is 2. The molecule has 0 aliphatic heterocycles. The van der Waals surface area contributed by atoms with Crippen LogP contribution in [-0.2, 0) is 4.74 Å². The quantitative estimate of drug-likeness (QED) is 0.416. The van der Waals surface area contributed by atoms with Crippen molar-refractivity contribution in [2.24, 2.45) is 0 Å². The number of aliphatic hydroxyl groups excluding tert-OH is 2. The average Bonchev–Trinajstić information content (AvgIpc) is 3.16. The maximum atomic E-state index is 12.3. The van der Waals surface area contributed by atoms with Crippen LogP contribution in [0.3, 0.4) is 0 Å². The van der Waals surface area contributed by atoms with Crippen molar-refractivity contribution in [3.8, 4) is 17.0 Å². The lowest BCUT2D eigenvalue weighted by Crippen LogP contribution is -2.30. The smallest absolute Gasteiger partial charge is 0.407 e. The van der Waals surface area contributed by atoms with Gasteiger partial charge in [0.1, 0.15) is 12.7 Å². The van der Waals surface area contributed by atoms with Gasteiger partial charge in [0.25, 0.3) is 0 Å². The lowest BCUT2D eigenvalue weighted by atomic mass is 9.98. The first-order chi connectivity index (χ1) is 16.0. The van der Waals surface area contributed by atoms with Crippen LogP contribution in [0.1, 0.15) is 35.1 Å². The van der Waals surface area contributed by atoms with Crippen molar-refractivity contribution < 1.29 is 24.5 Å². The fraction of sp³-hybridized carbons (Fsp3) is 0.280. The first kappa shape index (κ1) is 22.6. The van der Waals surface area contributed by atoms with Crippen molar-refractivity contribution in [1.29, 1.82) is 0 Å². The molecule has 0 saturated heterocycles. The Bertz CT molecular complexity index is 1090. The van der Waals surface area contributed by atoms with E-state index in [0.29, 0.717) is 5.69 Å². The number of aliphatic hydroxyl groups is 2. The number of methoxy groups -OCH3 is 1. The number of hydrogen-bond donors (Lipinski definition) is 4. The summed E-state index contributed by atoms with van der Waals surface area (Å²) in [6.45, 7) is 0.324. The minimum atomic E-state index is -1.26. The topological polar surface area (TPSA) is 127 Å². The molecule has 1 aromatic heterocycles. The standard InChI is InChI=1S/C25H27N3O5/c1-32-24-20(12-15(26)13-28-24)23(30)22(29)10-11-27-25(31)33-14-21-18-8-4-2-6-16(18)17-7-3-5-9-19(17)21/h2-9,12-13,21-23,29-30H,10-11,14,26H2,1H3,(H,27,31). The van der Waals surface area contributed by atoms with E-state index in [9.17, 15) is 15.0 Å². The van der Waals surface area contributed by atoms with Gasteiger partial charge in [-0.2, -0.15) is 0 Å². The van der Waals surface area contributed by atoms with Crippen LogP contribution in [0, 0.1) is 0 Å². The Balaban J connectivity index is 1.30. The Morgan fingerprint density at radius 2 is 1.76 bits per heavy atom. The summed E-state index contributed by atoms with van der Waals surface area (Å²) < 4.78 is 10.6. The monoisotopic (exact) mass is 449 g/mol. The summed E-state index contributed by atoms with van der Waals surface area (Å²) in [5.41, 5.74) is 10.9. The molecule has 172 valence electrons. The summed E-state index contributed by atoms with van der Waals surface area (Å²) in [4.78, 5) is 16.3. The number of nitrogen functional groups attached to an aromatic ring is 1. The number of pyridine rings is 1. The third-order valence-electron chi connectivity index (χ3n) is 5.83. The van der Waals surface area contributed by atoms with Gasteiger partial charge in [-0.3, -0.25) is 0 Å². The molecule has 5 N–H and O–H groups in total. The number of amides is 1. The number of anilines is 1. The van der Waals surface area contributed by atoms with Crippen molar-refractivity contribution in [1.82, 2.24) is 10.3 Å². The van der Waals surface area contributed by atoms with Gasteiger partial charge in [-0.15, -0.1) is 0 Å². The van der Waals surface area contributed by atoms with Gasteiger partial charge in [0.15, 0.2) is 0 Å². The number of nitrogens with one attached hydrogen (secondary N) is 1. The molecule has 0 spiro atoms. The van der Waals surface area contributed by atoms with Gasteiger partial charge >= 0.3 is 6.09 Å². The molecule has 1 aliphatic rings. The molecule has 4 rings (SSSR count). The molecule has 0 fully saturated rings. The molecule has 8 nitrogen and oxygen atoms in total. The average molecular weight is 450 g/mol. The first-order valence-electron chi connectivity index (χ1n) is 10.7. The molecular weight excluding hydrogens is 422 g/mol. The second-order valence-electron chi connectivity index (χ2n) is 7.92. The van der Waals surface area contributed by atoms with E-state index in [2.05, 4.69) is 34.6 Å². The molecule has 2 aromatic carbocycles. The number of fused-ring (bicyclic) bond motifs is 3. The van der Waals surface area contributed by atoms with Crippen molar-refractivity contribution in [2.45, 2.75) is 24.5 Å². The number of hydrogen-bond acceptors (Lipinski definition) is 7. The Kier molecular flexibility index (Phi) is 6.76. The van der Waals surface area contributed by atoms with Crippen LogP contribution >= 0.6 is 0 Å². The molecule has 1 amide bonds. The summed E-state index contributed by atoms with van der Waals surface area (Å²) in [7, 11) is 1.42. The number of benzene rings is 2. The second-order valence-corrected chi connectivity index (χ2v) is 7.92. The van der Waals surface area contributed by atoms with Gasteiger partial charge in [0, 0.05) is 18.0 Å². The third kappa shape index (κ3) is 4.76. The zero-order valence-corrected chi connectivity index (χ0v) is 18.3. The van der Waals surface area contributed by atoms with Crippen molar-refractivity contribution in [2.75, 3.05) is 26.0 Å². The summed E-state index contributed by atoms with van der Waals surface area (Å²) in [5, 5.41) is 23.4. The Morgan fingerprint density at radius 1 is 1.12 bits per heavy atom. The van der Waals surface area contributed by atoms with E-state index in [1.807, 2.05) is 24.3 Å². The van der Waals surface area contributed by atoms with Crippen LogP contribution in [0.4, 0.5) is 10.5 Å². The number of alkyl carbamates (subject to hydrolysis) is 1. The van der Waals surface area contributed by atoms with E-state index in [0.717, 1.165) is 22.3 Å². The maximum Gasteiger partial charge on any atom is 0.407 e. The van der Waals surface area contributed by atoms with Gasteiger partial charge in [0.2, 0.25) is 5.88 Å². The minimum absolute atomic E-state index is 0.0286. The molecule has 0 radical (unpaired) electrons. The van der Waals surface area contributed by atoms with Crippen LogP contribution < -0.4 is 15.8 Å². The molecule has 2 atom stereocenters. The largest absolute Gasteiger partial charge is 0.481 e. The van der Waals surface area contributed by atoms with Crippen LogP contribution in [0.15, 0.2) is 60.8 Å². The number of aromatic nitrogens is 1. The highest BCUT2D eigenvalue weighted by molar-refractivity contribution is 5.79. The molecule has 1 heterocycles. The van der Waals surface area contributed by atoms with Gasteiger partial charge < -0.3 is 30.7 Å². The predicted molar refractivity (Wildman–Crippen MR) is 124 cm³/mol. The predicted octanol–water partition coefficient (Wildman–Crippen LogP) is 3.00. The summed E-state index contributed by atoms with van der Waals surface area (Å²) in [5.74, 6) is 0.152. The zero-order valence-electron chi connectivity index (χ0n) is 18.3. The molecule has 2 unspecified atom stereocenters. The van der Waals surface area contributed by atoms with Crippen LogP contribution in [0.5, 0.6) is 5.88 Å².